The molecule has 0 saturated carbocycles. The van der Waals surface area contributed by atoms with E-state index >= 15 is 0 Å². The van der Waals surface area contributed by atoms with Crippen LogP contribution in [0.1, 0.15) is 13.3 Å². The van der Waals surface area contributed by atoms with Gasteiger partial charge < -0.3 is 14.7 Å². The van der Waals surface area contributed by atoms with Crippen molar-refractivity contribution in [3.63, 3.8) is 0 Å². The molecule has 0 aliphatic heterocycles. The van der Waals surface area contributed by atoms with Gasteiger partial charge in [0, 0.05) is 6.61 Å². The molecule has 0 radical (unpaired) electrons. The molecule has 0 atom stereocenters. The van der Waals surface area contributed by atoms with E-state index in [0.717, 1.165) is 13.0 Å². The lowest BCUT2D eigenvalue weighted by molar-refractivity contribution is 0.0928. The van der Waals surface area contributed by atoms with Gasteiger partial charge >= 0.3 is 0 Å². The molecule has 0 saturated heterocycles. The van der Waals surface area contributed by atoms with Gasteiger partial charge in [-0.25, -0.2) is 0 Å². The quantitative estimate of drug-likeness (QED) is 0.615. The van der Waals surface area contributed by atoms with Gasteiger partial charge in [-0.05, 0) is 27.6 Å². The summed E-state index contributed by atoms with van der Waals surface area (Å²) in [4.78, 5) is 2.00. The van der Waals surface area contributed by atoms with E-state index in [1.165, 1.54) is 0 Å². The highest BCUT2D eigenvalue weighted by Crippen LogP contribution is 1.76. The molecule has 0 aromatic carbocycles. The minimum atomic E-state index is 0.139. The number of hydrogen-bond donors (Lipinski definition) is 1. The number of aliphatic hydroxyl groups is 1. The summed E-state index contributed by atoms with van der Waals surface area (Å²) in [5, 5.41) is 8.17. The first kappa shape index (κ1) is 13.5. The fourth-order valence-corrected chi connectivity index (χ4v) is 0.311. The lowest BCUT2D eigenvalue weighted by Gasteiger charge is -1.94. The molecular weight excluding hydrogens is 142 g/mol. The van der Waals surface area contributed by atoms with Crippen LogP contribution >= 0.6 is 0 Å². The molecule has 0 spiro atoms. The first-order valence-corrected chi connectivity index (χ1v) is 3.94. The summed E-state index contributed by atoms with van der Waals surface area (Å²) >= 11 is 0. The van der Waals surface area contributed by atoms with Crippen molar-refractivity contribution < 1.29 is 9.84 Å². The third-order valence-corrected chi connectivity index (χ3v) is 0.584. The standard InChI is InChI=1S/C5H12O2.C3H9N/c1-2-4-7-5-3-6;1-4(2)3/h6H,2-5H2,1H3;1-3H3. The Kier molecular flexibility index (Phi) is 15.4. The molecule has 0 rings (SSSR count). The molecular formula is C8H21NO2. The van der Waals surface area contributed by atoms with E-state index in [2.05, 4.69) is 0 Å². The average molecular weight is 163 g/mol. The van der Waals surface area contributed by atoms with Gasteiger partial charge in [-0.3, -0.25) is 0 Å². The fraction of sp³-hybridized carbons (Fsp3) is 1.00. The second-order valence-electron chi connectivity index (χ2n) is 2.68. The molecule has 0 unspecified atom stereocenters. The van der Waals surface area contributed by atoms with Gasteiger partial charge in [0.25, 0.3) is 0 Å². The van der Waals surface area contributed by atoms with E-state index in [4.69, 9.17) is 9.84 Å². The maximum absolute atomic E-state index is 8.17. The second kappa shape index (κ2) is 12.5. The van der Waals surface area contributed by atoms with Crippen molar-refractivity contribution in [2.24, 2.45) is 0 Å². The van der Waals surface area contributed by atoms with Crippen LogP contribution < -0.4 is 0 Å². The molecule has 11 heavy (non-hydrogen) atoms. The number of hydrogen-bond acceptors (Lipinski definition) is 3. The smallest absolute Gasteiger partial charge is 0.0697 e. The SMILES string of the molecule is CCCOCCO.CN(C)C. The highest BCUT2D eigenvalue weighted by Gasteiger charge is 1.78. The number of nitrogens with zero attached hydrogens (tertiary/aromatic N) is 1. The van der Waals surface area contributed by atoms with E-state index in [0.29, 0.717) is 6.61 Å². The van der Waals surface area contributed by atoms with E-state index in [1.807, 2.05) is 33.0 Å². The Labute approximate surface area is 70.0 Å². The summed E-state index contributed by atoms with van der Waals surface area (Å²) in [7, 11) is 6.00. The first-order valence-electron chi connectivity index (χ1n) is 3.94. The van der Waals surface area contributed by atoms with Crippen LogP contribution in [0.3, 0.4) is 0 Å². The normalized spacial score (nSPS) is 9.27. The van der Waals surface area contributed by atoms with Crippen molar-refractivity contribution in [2.75, 3.05) is 41.0 Å². The van der Waals surface area contributed by atoms with Crippen molar-refractivity contribution in [1.82, 2.24) is 4.90 Å². The number of aliphatic hydroxyl groups excluding tert-OH is 1. The zero-order valence-corrected chi connectivity index (χ0v) is 8.13. The molecule has 3 nitrogen and oxygen atoms in total. The Bertz CT molecular complexity index is 51.3. The Morgan fingerprint density at radius 3 is 1.91 bits per heavy atom. The minimum absolute atomic E-state index is 0.139. The van der Waals surface area contributed by atoms with Crippen molar-refractivity contribution in [3.8, 4) is 0 Å². The molecule has 0 aromatic heterocycles. The van der Waals surface area contributed by atoms with Gasteiger partial charge in [0.15, 0.2) is 0 Å². The van der Waals surface area contributed by atoms with Gasteiger partial charge in [0.1, 0.15) is 0 Å². The summed E-state index contributed by atoms with van der Waals surface area (Å²) in [5.41, 5.74) is 0. The molecule has 0 amide bonds. The lowest BCUT2D eigenvalue weighted by Crippen LogP contribution is -1.99. The molecule has 70 valence electrons. The van der Waals surface area contributed by atoms with Crippen LogP contribution in [0.15, 0.2) is 0 Å². The van der Waals surface area contributed by atoms with Gasteiger partial charge in [0.2, 0.25) is 0 Å². The van der Waals surface area contributed by atoms with Crippen LogP contribution in [-0.2, 0) is 4.74 Å². The maximum atomic E-state index is 8.17. The van der Waals surface area contributed by atoms with Gasteiger partial charge in [-0.2, -0.15) is 0 Å². The van der Waals surface area contributed by atoms with Crippen LogP contribution in [0.4, 0.5) is 0 Å². The van der Waals surface area contributed by atoms with Gasteiger partial charge in [-0.15, -0.1) is 0 Å². The zero-order chi connectivity index (χ0) is 9.11. The van der Waals surface area contributed by atoms with Crippen molar-refractivity contribution in [2.45, 2.75) is 13.3 Å². The summed E-state index contributed by atoms with van der Waals surface area (Å²) < 4.78 is 4.88. The largest absolute Gasteiger partial charge is 0.394 e. The fourth-order valence-electron chi connectivity index (χ4n) is 0.311. The van der Waals surface area contributed by atoms with Crippen molar-refractivity contribution in [1.29, 1.82) is 0 Å². The zero-order valence-electron chi connectivity index (χ0n) is 8.13. The predicted octanol–water partition coefficient (Wildman–Crippen LogP) is 0.583. The monoisotopic (exact) mass is 163 g/mol. The summed E-state index contributed by atoms with van der Waals surface area (Å²) in [5.74, 6) is 0. The Morgan fingerprint density at radius 2 is 1.64 bits per heavy atom. The molecule has 1 N–H and O–H groups in total. The Hall–Kier alpha value is -0.120. The summed E-state index contributed by atoms with van der Waals surface area (Å²) in [6, 6.07) is 0. The molecule has 0 aromatic rings. The predicted molar refractivity (Wildman–Crippen MR) is 47.8 cm³/mol. The average Bonchev–Trinajstić information content (AvgIpc) is 1.88. The van der Waals surface area contributed by atoms with Crippen LogP contribution in [0.2, 0.25) is 0 Å². The lowest BCUT2D eigenvalue weighted by atomic mass is 10.5. The highest BCUT2D eigenvalue weighted by atomic mass is 16.5. The number of ether oxygens (including phenoxy) is 1. The van der Waals surface area contributed by atoms with Gasteiger partial charge in [0.05, 0.1) is 13.2 Å². The molecule has 0 aliphatic rings. The van der Waals surface area contributed by atoms with Crippen molar-refractivity contribution >= 4 is 0 Å². The molecule has 3 heteroatoms. The first-order chi connectivity index (χ1) is 5.15. The van der Waals surface area contributed by atoms with E-state index in [9.17, 15) is 0 Å². The third kappa shape index (κ3) is 40.8. The minimum Gasteiger partial charge on any atom is -0.394 e. The second-order valence-corrected chi connectivity index (χ2v) is 2.68. The van der Waals surface area contributed by atoms with Crippen LogP contribution in [0.5, 0.6) is 0 Å². The van der Waals surface area contributed by atoms with Gasteiger partial charge in [-0.1, -0.05) is 6.92 Å². The van der Waals surface area contributed by atoms with Crippen molar-refractivity contribution in [3.05, 3.63) is 0 Å². The Morgan fingerprint density at radius 1 is 1.18 bits per heavy atom. The topological polar surface area (TPSA) is 32.7 Å². The summed E-state index contributed by atoms with van der Waals surface area (Å²) in [6.45, 7) is 3.42. The molecule has 0 fully saturated rings. The van der Waals surface area contributed by atoms with Crippen LogP contribution in [-0.4, -0.2) is 51.0 Å². The van der Waals surface area contributed by atoms with Crippen LogP contribution in [0, 0.1) is 0 Å². The number of rotatable bonds is 4. The maximum Gasteiger partial charge on any atom is 0.0697 e. The molecule has 0 bridgehead atoms. The van der Waals surface area contributed by atoms with Crippen LogP contribution in [0.25, 0.3) is 0 Å². The summed E-state index contributed by atoms with van der Waals surface area (Å²) in [6.07, 6.45) is 1.03. The highest BCUT2D eigenvalue weighted by molar-refractivity contribution is 4.24. The van der Waals surface area contributed by atoms with E-state index in [-0.39, 0.29) is 6.61 Å². The Balaban J connectivity index is 0. The van der Waals surface area contributed by atoms with E-state index in [1.54, 1.807) is 0 Å². The molecule has 0 heterocycles. The third-order valence-electron chi connectivity index (χ3n) is 0.584. The molecule has 0 aliphatic carbocycles. The van der Waals surface area contributed by atoms with E-state index < -0.39 is 0 Å².